The number of aromatic nitrogens is 2. The summed E-state index contributed by atoms with van der Waals surface area (Å²) in [5, 5.41) is 0.265. The van der Waals surface area contributed by atoms with E-state index in [9.17, 15) is 14.4 Å². The number of amides is 1. The monoisotopic (exact) mass is 393 g/mol. The fraction of sp³-hybridized carbons (Fsp3) is 0.190. The number of anilines is 1. The molecule has 2 heterocycles. The van der Waals surface area contributed by atoms with E-state index in [1.165, 1.54) is 9.47 Å². The Balaban J connectivity index is 1.81. The van der Waals surface area contributed by atoms with Crippen molar-refractivity contribution in [2.45, 2.75) is 13.0 Å². The van der Waals surface area contributed by atoms with E-state index >= 15 is 0 Å². The van der Waals surface area contributed by atoms with Gasteiger partial charge in [-0.3, -0.25) is 23.6 Å². The molecule has 3 aromatic rings. The second-order valence-corrected chi connectivity index (χ2v) is 7.67. The van der Waals surface area contributed by atoms with Crippen LogP contribution in [0.25, 0.3) is 17.1 Å². The molecule has 2 aliphatic rings. The Morgan fingerprint density at radius 3 is 2.36 bits per heavy atom. The van der Waals surface area contributed by atoms with E-state index in [0.29, 0.717) is 22.3 Å². The van der Waals surface area contributed by atoms with Crippen LogP contribution < -0.4 is 10.6 Å². The van der Waals surface area contributed by atoms with Gasteiger partial charge in [-0.05, 0) is 36.2 Å². The molecule has 2 aromatic carbocycles. The van der Waals surface area contributed by atoms with Crippen LogP contribution in [0, 0.1) is 6.92 Å². The second-order valence-electron chi connectivity index (χ2n) is 7.26. The number of imidazole rings is 1. The smallest absolute Gasteiger partial charge is 0.295 e. The van der Waals surface area contributed by atoms with Gasteiger partial charge in [-0.2, -0.15) is 0 Å². The first-order chi connectivity index (χ1) is 13.3. The topological polar surface area (TPSA) is 64.3 Å². The highest BCUT2D eigenvalue weighted by Crippen LogP contribution is 2.39. The Labute approximate surface area is 165 Å². The van der Waals surface area contributed by atoms with Crippen LogP contribution in [0.2, 0.25) is 5.02 Å². The fourth-order valence-electron chi connectivity index (χ4n) is 4.24. The third kappa shape index (κ3) is 1.95. The number of nitrogens with zero attached hydrogens (tertiary/aromatic N) is 3. The van der Waals surface area contributed by atoms with Crippen molar-refractivity contribution in [3.63, 3.8) is 0 Å². The van der Waals surface area contributed by atoms with Crippen molar-refractivity contribution in [2.75, 3.05) is 4.90 Å². The number of carbonyl (C=O) groups excluding carboxylic acids is 2. The number of fused-ring (bicyclic) bond motifs is 2. The van der Waals surface area contributed by atoms with Gasteiger partial charge in [0.1, 0.15) is 6.04 Å². The molecule has 7 heteroatoms. The van der Waals surface area contributed by atoms with E-state index in [0.717, 1.165) is 11.1 Å². The largest absolute Gasteiger partial charge is 0.328 e. The highest BCUT2D eigenvalue weighted by Gasteiger charge is 2.43. The molecule has 1 aliphatic carbocycles. The minimum absolute atomic E-state index is 0.143. The first-order valence-electron chi connectivity index (χ1n) is 8.86. The molecule has 0 N–H and O–H groups in total. The molecule has 2 bridgehead atoms. The van der Waals surface area contributed by atoms with Crippen molar-refractivity contribution in [1.29, 1.82) is 0 Å². The van der Waals surface area contributed by atoms with Crippen LogP contribution in [-0.4, -0.2) is 26.9 Å². The highest BCUT2D eigenvalue weighted by atomic mass is 35.5. The summed E-state index contributed by atoms with van der Waals surface area (Å²) in [6.45, 7) is 1.87. The zero-order valence-corrected chi connectivity index (χ0v) is 16.2. The van der Waals surface area contributed by atoms with Gasteiger partial charge in [0.2, 0.25) is 0 Å². The molecule has 0 radical (unpaired) electrons. The number of rotatable bonds is 1. The highest BCUT2D eigenvalue weighted by molar-refractivity contribution is 6.38. The Hall–Kier alpha value is -3.12. The summed E-state index contributed by atoms with van der Waals surface area (Å²) in [7, 11) is 3.40. The van der Waals surface area contributed by atoms with Gasteiger partial charge in [0.05, 0.1) is 27.3 Å². The van der Waals surface area contributed by atoms with Gasteiger partial charge >= 0.3 is 5.69 Å². The van der Waals surface area contributed by atoms with Crippen LogP contribution in [-0.2, 0) is 14.1 Å². The van der Waals surface area contributed by atoms with Crippen LogP contribution in [0.3, 0.4) is 0 Å². The first kappa shape index (κ1) is 17.0. The van der Waals surface area contributed by atoms with Gasteiger partial charge in [-0.1, -0.05) is 29.8 Å². The predicted molar refractivity (Wildman–Crippen MR) is 108 cm³/mol. The molecule has 1 atom stereocenters. The maximum atomic E-state index is 13.4. The molecule has 28 heavy (non-hydrogen) atoms. The van der Waals surface area contributed by atoms with Gasteiger partial charge in [-0.15, -0.1) is 0 Å². The summed E-state index contributed by atoms with van der Waals surface area (Å²) in [4.78, 5) is 40.3. The van der Waals surface area contributed by atoms with E-state index in [1.54, 1.807) is 42.9 Å². The average Bonchev–Trinajstić information content (AvgIpc) is 2.87. The quantitative estimate of drug-likeness (QED) is 0.638. The van der Waals surface area contributed by atoms with Crippen LogP contribution in [0.4, 0.5) is 5.69 Å². The molecule has 0 saturated carbocycles. The molecular formula is C21H16ClN3O3. The minimum Gasteiger partial charge on any atom is -0.295 e. The molecule has 1 amide bonds. The number of hydrogen-bond acceptors (Lipinski definition) is 3. The molecule has 5 rings (SSSR count). The van der Waals surface area contributed by atoms with E-state index < -0.39 is 6.04 Å². The summed E-state index contributed by atoms with van der Waals surface area (Å²) < 4.78 is 3.10. The SMILES string of the molecule is Cc1cc2c(cc1N1C(=O)c3c(Cl)ccc4c3C(=O)C1C=C4)n(C)c(=O)n2C. The maximum absolute atomic E-state index is 13.4. The van der Waals surface area contributed by atoms with Gasteiger partial charge in [0, 0.05) is 19.7 Å². The number of Topliss-reactive ketones (excluding diaryl/α,β-unsaturated/α-hetero) is 1. The van der Waals surface area contributed by atoms with E-state index in [4.69, 9.17) is 11.6 Å². The Bertz CT molecular complexity index is 1330. The third-order valence-electron chi connectivity index (χ3n) is 5.72. The Kier molecular flexibility index (Phi) is 3.31. The number of hydrogen-bond donors (Lipinski definition) is 0. The lowest BCUT2D eigenvalue weighted by molar-refractivity contribution is 0.0885. The molecule has 140 valence electrons. The van der Waals surface area contributed by atoms with Crippen molar-refractivity contribution in [3.8, 4) is 0 Å². The minimum atomic E-state index is -0.720. The zero-order chi connectivity index (χ0) is 19.9. The molecule has 1 aliphatic heterocycles. The van der Waals surface area contributed by atoms with E-state index in [-0.39, 0.29) is 28.0 Å². The predicted octanol–water partition coefficient (Wildman–Crippen LogP) is 3.08. The number of benzene rings is 2. The lowest BCUT2D eigenvalue weighted by Gasteiger charge is -2.37. The second kappa shape index (κ2) is 5.45. The molecule has 0 saturated heterocycles. The summed E-state index contributed by atoms with van der Waals surface area (Å²) in [5.41, 5.74) is 4.05. The van der Waals surface area contributed by atoms with Crippen molar-refractivity contribution in [3.05, 3.63) is 68.1 Å². The maximum Gasteiger partial charge on any atom is 0.328 e. The normalized spacial score (nSPS) is 17.7. The standard InChI is InChI=1S/C21H16ClN3O3/c1-10-8-15-16(24(3)21(28)23(15)2)9-14(10)25-13-7-5-11-4-6-12(22)18(20(25)27)17(11)19(13)26/h4-9,13H,1-3H3. The van der Waals surface area contributed by atoms with Crippen molar-refractivity contribution in [2.24, 2.45) is 14.1 Å². The summed E-state index contributed by atoms with van der Waals surface area (Å²) >= 11 is 6.31. The van der Waals surface area contributed by atoms with Crippen molar-refractivity contribution >= 4 is 46.1 Å². The zero-order valence-electron chi connectivity index (χ0n) is 15.5. The van der Waals surface area contributed by atoms with Gasteiger partial charge in [0.25, 0.3) is 5.91 Å². The molecule has 0 spiro atoms. The number of aryl methyl sites for hydroxylation is 3. The Morgan fingerprint density at radius 1 is 0.964 bits per heavy atom. The van der Waals surface area contributed by atoms with Gasteiger partial charge in [-0.25, -0.2) is 4.79 Å². The van der Waals surface area contributed by atoms with Gasteiger partial charge in [0.15, 0.2) is 5.78 Å². The molecule has 1 aromatic heterocycles. The third-order valence-corrected chi connectivity index (χ3v) is 6.03. The molecule has 0 fully saturated rings. The lowest BCUT2D eigenvalue weighted by atomic mass is 9.83. The van der Waals surface area contributed by atoms with Crippen molar-refractivity contribution in [1.82, 2.24) is 9.13 Å². The number of ketones is 1. The lowest BCUT2D eigenvalue weighted by Crippen LogP contribution is -2.50. The van der Waals surface area contributed by atoms with Crippen LogP contribution in [0.5, 0.6) is 0 Å². The summed E-state index contributed by atoms with van der Waals surface area (Å²) in [6.07, 6.45) is 3.60. The molecule has 1 unspecified atom stereocenters. The van der Waals surface area contributed by atoms with Crippen LogP contribution >= 0.6 is 11.6 Å². The molecule has 6 nitrogen and oxygen atoms in total. The number of carbonyl (C=O) groups is 2. The fourth-order valence-corrected chi connectivity index (χ4v) is 4.48. The van der Waals surface area contributed by atoms with Crippen molar-refractivity contribution < 1.29 is 9.59 Å². The van der Waals surface area contributed by atoms with E-state index in [1.807, 2.05) is 19.1 Å². The first-order valence-corrected chi connectivity index (χ1v) is 9.23. The van der Waals surface area contributed by atoms with Crippen LogP contribution in [0.1, 0.15) is 31.8 Å². The van der Waals surface area contributed by atoms with Crippen LogP contribution in [0.15, 0.2) is 35.1 Å². The Morgan fingerprint density at radius 2 is 1.64 bits per heavy atom. The molecular weight excluding hydrogens is 378 g/mol. The number of halogens is 1. The average molecular weight is 394 g/mol. The van der Waals surface area contributed by atoms with E-state index in [2.05, 4.69) is 0 Å². The summed E-state index contributed by atoms with van der Waals surface area (Å²) in [6, 6.07) is 6.34. The van der Waals surface area contributed by atoms with Gasteiger partial charge < -0.3 is 0 Å². The summed E-state index contributed by atoms with van der Waals surface area (Å²) in [5.74, 6) is -0.449.